The van der Waals surface area contributed by atoms with Gasteiger partial charge in [-0.25, -0.2) is 0 Å². The molecule has 0 unspecified atom stereocenters. The third kappa shape index (κ3) is 1.79. The minimum absolute atomic E-state index is 0.00690. The SMILES string of the molecule is N[C@@H](CO)c1ccc(Br)s1. The van der Waals surface area contributed by atoms with E-state index in [0.717, 1.165) is 8.66 Å². The smallest absolute Gasteiger partial charge is 0.0702 e. The Balaban J connectivity index is 2.74. The molecule has 0 aliphatic heterocycles. The van der Waals surface area contributed by atoms with Crippen LogP contribution >= 0.6 is 27.3 Å². The van der Waals surface area contributed by atoms with Crippen molar-refractivity contribution in [3.63, 3.8) is 0 Å². The number of hydrogen-bond donors (Lipinski definition) is 2. The largest absolute Gasteiger partial charge is 0.394 e. The first-order chi connectivity index (χ1) is 4.74. The molecule has 0 spiro atoms. The first-order valence-electron chi connectivity index (χ1n) is 2.85. The van der Waals surface area contributed by atoms with Gasteiger partial charge >= 0.3 is 0 Å². The van der Waals surface area contributed by atoms with E-state index in [0.29, 0.717) is 0 Å². The zero-order valence-electron chi connectivity index (χ0n) is 5.25. The lowest BCUT2D eigenvalue weighted by Crippen LogP contribution is -2.12. The Hall–Kier alpha value is 0.1000. The third-order valence-corrected chi connectivity index (χ3v) is 2.91. The summed E-state index contributed by atoms with van der Waals surface area (Å²) in [5.74, 6) is 0. The molecule has 0 fully saturated rings. The van der Waals surface area contributed by atoms with Crippen molar-refractivity contribution in [2.45, 2.75) is 6.04 Å². The van der Waals surface area contributed by atoms with Crippen LogP contribution in [0.3, 0.4) is 0 Å². The number of halogens is 1. The maximum Gasteiger partial charge on any atom is 0.0702 e. The van der Waals surface area contributed by atoms with Crippen LogP contribution in [0.15, 0.2) is 15.9 Å². The normalized spacial score (nSPS) is 13.5. The van der Waals surface area contributed by atoms with Crippen LogP contribution in [0.4, 0.5) is 0 Å². The van der Waals surface area contributed by atoms with E-state index in [1.807, 2.05) is 12.1 Å². The molecule has 0 aromatic carbocycles. The highest BCUT2D eigenvalue weighted by Gasteiger charge is 2.05. The first-order valence-corrected chi connectivity index (χ1v) is 4.46. The highest BCUT2D eigenvalue weighted by atomic mass is 79.9. The van der Waals surface area contributed by atoms with Gasteiger partial charge in [0, 0.05) is 4.88 Å². The molecule has 56 valence electrons. The molecular formula is C6H8BrNOS. The van der Waals surface area contributed by atoms with Crippen molar-refractivity contribution >= 4 is 27.3 Å². The molecule has 0 saturated carbocycles. The van der Waals surface area contributed by atoms with E-state index in [-0.39, 0.29) is 12.6 Å². The minimum atomic E-state index is -0.226. The molecule has 1 atom stereocenters. The van der Waals surface area contributed by atoms with Crippen molar-refractivity contribution in [1.29, 1.82) is 0 Å². The molecule has 1 heterocycles. The predicted molar refractivity (Wildman–Crippen MR) is 46.0 cm³/mol. The fraction of sp³-hybridized carbons (Fsp3) is 0.333. The maximum absolute atomic E-state index is 8.66. The second-order valence-corrected chi connectivity index (χ2v) is 4.43. The molecule has 0 radical (unpaired) electrons. The van der Waals surface area contributed by atoms with E-state index in [2.05, 4.69) is 15.9 Å². The van der Waals surface area contributed by atoms with Crippen LogP contribution in [-0.4, -0.2) is 11.7 Å². The summed E-state index contributed by atoms with van der Waals surface area (Å²) in [6.07, 6.45) is 0. The molecule has 1 aromatic heterocycles. The molecule has 0 saturated heterocycles. The van der Waals surface area contributed by atoms with Gasteiger partial charge in [0.1, 0.15) is 0 Å². The number of thiophene rings is 1. The Labute approximate surface area is 71.8 Å². The fourth-order valence-corrected chi connectivity index (χ4v) is 2.03. The van der Waals surface area contributed by atoms with Gasteiger partial charge in [0.15, 0.2) is 0 Å². The van der Waals surface area contributed by atoms with Gasteiger partial charge in [-0.15, -0.1) is 11.3 Å². The minimum Gasteiger partial charge on any atom is -0.394 e. The number of aliphatic hydroxyl groups excluding tert-OH is 1. The van der Waals surface area contributed by atoms with Crippen LogP contribution in [0.2, 0.25) is 0 Å². The summed E-state index contributed by atoms with van der Waals surface area (Å²) in [4.78, 5) is 1.01. The first kappa shape index (κ1) is 8.20. The van der Waals surface area contributed by atoms with Crippen molar-refractivity contribution < 1.29 is 5.11 Å². The van der Waals surface area contributed by atoms with Gasteiger partial charge in [-0.3, -0.25) is 0 Å². The Morgan fingerprint density at radius 2 is 2.40 bits per heavy atom. The summed E-state index contributed by atoms with van der Waals surface area (Å²) in [5.41, 5.74) is 5.55. The van der Waals surface area contributed by atoms with Gasteiger partial charge in [-0.05, 0) is 28.1 Å². The van der Waals surface area contributed by atoms with Gasteiger partial charge in [0.05, 0.1) is 16.4 Å². The zero-order valence-corrected chi connectivity index (χ0v) is 7.65. The molecule has 0 bridgehead atoms. The number of hydrogen-bond acceptors (Lipinski definition) is 3. The second kappa shape index (κ2) is 3.48. The van der Waals surface area contributed by atoms with Gasteiger partial charge in [-0.2, -0.15) is 0 Å². The van der Waals surface area contributed by atoms with E-state index in [1.165, 1.54) is 0 Å². The molecule has 0 aliphatic rings. The second-order valence-electron chi connectivity index (χ2n) is 1.93. The summed E-state index contributed by atoms with van der Waals surface area (Å²) >= 11 is 4.86. The molecular weight excluding hydrogens is 214 g/mol. The molecule has 2 nitrogen and oxygen atoms in total. The quantitative estimate of drug-likeness (QED) is 0.796. The van der Waals surface area contributed by atoms with Crippen LogP contribution in [0, 0.1) is 0 Å². The number of rotatable bonds is 2. The van der Waals surface area contributed by atoms with E-state index < -0.39 is 0 Å². The molecule has 1 aromatic rings. The lowest BCUT2D eigenvalue weighted by atomic mass is 10.3. The topological polar surface area (TPSA) is 46.2 Å². The Morgan fingerprint density at radius 3 is 2.80 bits per heavy atom. The lowest BCUT2D eigenvalue weighted by Gasteiger charge is -2.02. The van der Waals surface area contributed by atoms with Gasteiger partial charge in [0.2, 0.25) is 0 Å². The summed E-state index contributed by atoms with van der Waals surface area (Å²) < 4.78 is 1.05. The average molecular weight is 222 g/mol. The maximum atomic E-state index is 8.66. The molecule has 4 heteroatoms. The third-order valence-electron chi connectivity index (χ3n) is 1.16. The highest BCUT2D eigenvalue weighted by molar-refractivity contribution is 9.11. The lowest BCUT2D eigenvalue weighted by molar-refractivity contribution is 0.269. The highest BCUT2D eigenvalue weighted by Crippen LogP contribution is 2.25. The molecule has 1 rings (SSSR count). The van der Waals surface area contributed by atoms with Crippen LogP contribution in [-0.2, 0) is 0 Å². The van der Waals surface area contributed by atoms with Gasteiger partial charge in [-0.1, -0.05) is 0 Å². The fourth-order valence-electron chi connectivity index (χ4n) is 0.618. The summed E-state index contributed by atoms with van der Waals surface area (Å²) in [6.45, 7) is 0.00690. The number of nitrogens with two attached hydrogens (primary N) is 1. The zero-order chi connectivity index (χ0) is 7.56. The Kier molecular flexibility index (Phi) is 2.85. The standard InChI is InChI=1S/C6H8BrNOS/c7-6-2-1-5(10-6)4(8)3-9/h1-2,4,9H,3,8H2/t4-/m0/s1. The molecule has 0 amide bonds. The van der Waals surface area contributed by atoms with Crippen LogP contribution in [0.25, 0.3) is 0 Å². The van der Waals surface area contributed by atoms with Crippen LogP contribution < -0.4 is 5.73 Å². The monoisotopic (exact) mass is 221 g/mol. The van der Waals surface area contributed by atoms with Crippen molar-refractivity contribution in [3.05, 3.63) is 20.8 Å². The number of aliphatic hydroxyl groups is 1. The predicted octanol–water partition coefficient (Wildman–Crippen LogP) is 1.50. The van der Waals surface area contributed by atoms with Crippen molar-refractivity contribution in [3.8, 4) is 0 Å². The van der Waals surface area contributed by atoms with Gasteiger partial charge in [0.25, 0.3) is 0 Å². The van der Waals surface area contributed by atoms with Gasteiger partial charge < -0.3 is 10.8 Å². The average Bonchev–Trinajstić information content (AvgIpc) is 2.34. The van der Waals surface area contributed by atoms with Crippen molar-refractivity contribution in [2.75, 3.05) is 6.61 Å². The van der Waals surface area contributed by atoms with Crippen molar-refractivity contribution in [1.82, 2.24) is 0 Å². The Bertz CT molecular complexity index is 213. The van der Waals surface area contributed by atoms with E-state index >= 15 is 0 Å². The van der Waals surface area contributed by atoms with E-state index in [1.54, 1.807) is 11.3 Å². The summed E-state index contributed by atoms with van der Waals surface area (Å²) in [6, 6.07) is 3.61. The van der Waals surface area contributed by atoms with Crippen LogP contribution in [0.1, 0.15) is 10.9 Å². The van der Waals surface area contributed by atoms with Crippen LogP contribution in [0.5, 0.6) is 0 Å². The summed E-state index contributed by atoms with van der Waals surface area (Å²) in [5, 5.41) is 8.66. The molecule has 3 N–H and O–H groups in total. The summed E-state index contributed by atoms with van der Waals surface area (Å²) in [7, 11) is 0. The van der Waals surface area contributed by atoms with E-state index in [9.17, 15) is 0 Å². The van der Waals surface area contributed by atoms with E-state index in [4.69, 9.17) is 10.8 Å². The molecule has 10 heavy (non-hydrogen) atoms. The van der Waals surface area contributed by atoms with Crippen molar-refractivity contribution in [2.24, 2.45) is 5.73 Å². The molecule has 0 aliphatic carbocycles. The Morgan fingerprint density at radius 1 is 1.70 bits per heavy atom.